The van der Waals surface area contributed by atoms with Gasteiger partial charge in [-0.25, -0.2) is 9.78 Å². The Kier molecular flexibility index (Phi) is 4.38. The van der Waals surface area contributed by atoms with Crippen molar-refractivity contribution in [3.63, 3.8) is 0 Å². The van der Waals surface area contributed by atoms with E-state index >= 15 is 0 Å². The second kappa shape index (κ2) is 6.64. The van der Waals surface area contributed by atoms with Gasteiger partial charge < -0.3 is 14.6 Å². The lowest BCUT2D eigenvalue weighted by Crippen LogP contribution is -2.17. The summed E-state index contributed by atoms with van der Waals surface area (Å²) in [5.41, 5.74) is 1.43. The smallest absolute Gasteiger partial charge is 0.342 e. The largest absolute Gasteiger partial charge is 0.507 e. The minimum atomic E-state index is -0.716. The molecule has 128 valence electrons. The van der Waals surface area contributed by atoms with E-state index in [1.807, 2.05) is 13.0 Å². The van der Waals surface area contributed by atoms with Crippen LogP contribution in [0.2, 0.25) is 0 Å². The number of benzene rings is 1. The predicted molar refractivity (Wildman–Crippen MR) is 90.0 cm³/mol. The summed E-state index contributed by atoms with van der Waals surface area (Å²) in [5.74, 6) is -0.535. The number of methoxy groups -OCH3 is 1. The van der Waals surface area contributed by atoms with Crippen LogP contribution in [0.1, 0.15) is 21.6 Å². The van der Waals surface area contributed by atoms with E-state index in [0.29, 0.717) is 17.1 Å². The fourth-order valence-electron chi connectivity index (χ4n) is 2.41. The Morgan fingerprint density at radius 2 is 2.08 bits per heavy atom. The molecule has 0 spiro atoms. The number of hydrogen-bond donors (Lipinski definition) is 1. The zero-order chi connectivity index (χ0) is 18.0. The van der Waals surface area contributed by atoms with E-state index in [9.17, 15) is 14.7 Å². The Balaban J connectivity index is 1.82. The van der Waals surface area contributed by atoms with Gasteiger partial charge in [0.25, 0.3) is 5.56 Å². The lowest BCUT2D eigenvalue weighted by molar-refractivity contribution is 0.0464. The molecule has 0 saturated heterocycles. The number of hydrogen-bond acceptors (Lipinski definition) is 6. The van der Waals surface area contributed by atoms with E-state index in [2.05, 4.69) is 4.98 Å². The van der Waals surface area contributed by atoms with Crippen molar-refractivity contribution in [3.05, 3.63) is 69.8 Å². The topological polar surface area (TPSA) is 90.1 Å². The molecule has 3 aromatic rings. The third kappa shape index (κ3) is 3.30. The number of rotatable bonds is 4. The highest BCUT2D eigenvalue weighted by molar-refractivity contribution is 5.92. The van der Waals surface area contributed by atoms with Crippen LogP contribution in [-0.4, -0.2) is 27.6 Å². The molecule has 3 rings (SSSR count). The Morgan fingerprint density at radius 1 is 1.28 bits per heavy atom. The van der Waals surface area contributed by atoms with Crippen molar-refractivity contribution in [3.8, 4) is 11.5 Å². The Labute approximate surface area is 143 Å². The fourth-order valence-corrected chi connectivity index (χ4v) is 2.41. The molecule has 0 saturated carbocycles. The van der Waals surface area contributed by atoms with Crippen LogP contribution in [0.15, 0.2) is 47.4 Å². The minimum Gasteiger partial charge on any atom is -0.507 e. The Morgan fingerprint density at radius 3 is 2.80 bits per heavy atom. The summed E-state index contributed by atoms with van der Waals surface area (Å²) in [4.78, 5) is 28.6. The van der Waals surface area contributed by atoms with Crippen molar-refractivity contribution in [2.45, 2.75) is 13.5 Å². The maximum Gasteiger partial charge on any atom is 0.342 e. The maximum atomic E-state index is 12.1. The molecule has 0 unspecified atom stereocenters. The zero-order valence-corrected chi connectivity index (χ0v) is 13.7. The van der Waals surface area contributed by atoms with Crippen LogP contribution in [0.5, 0.6) is 11.5 Å². The fraction of sp³-hybridized carbons (Fsp3) is 0.167. The van der Waals surface area contributed by atoms with Crippen LogP contribution in [0, 0.1) is 6.92 Å². The highest BCUT2D eigenvalue weighted by Crippen LogP contribution is 2.24. The maximum absolute atomic E-state index is 12.1. The molecule has 0 aliphatic heterocycles. The minimum absolute atomic E-state index is 0.00879. The number of esters is 1. The Hall–Kier alpha value is -3.35. The number of carbonyl (C=O) groups excluding carboxylic acids is 1. The number of aromatic hydroxyl groups is 1. The van der Waals surface area contributed by atoms with Gasteiger partial charge in [0.05, 0.1) is 12.8 Å². The molecule has 7 nitrogen and oxygen atoms in total. The van der Waals surface area contributed by atoms with E-state index in [1.165, 1.54) is 29.7 Å². The average Bonchev–Trinajstić information content (AvgIpc) is 2.60. The summed E-state index contributed by atoms with van der Waals surface area (Å²) < 4.78 is 11.6. The highest BCUT2D eigenvalue weighted by atomic mass is 16.5. The molecule has 0 aliphatic carbocycles. The van der Waals surface area contributed by atoms with Gasteiger partial charge in [0.1, 0.15) is 29.3 Å². The van der Waals surface area contributed by atoms with E-state index in [-0.39, 0.29) is 23.5 Å². The van der Waals surface area contributed by atoms with Crippen LogP contribution in [-0.2, 0) is 11.3 Å². The van der Waals surface area contributed by atoms with E-state index in [1.54, 1.807) is 18.3 Å². The quantitative estimate of drug-likeness (QED) is 0.731. The third-order valence-corrected chi connectivity index (χ3v) is 3.72. The van der Waals surface area contributed by atoms with Gasteiger partial charge in [-0.05, 0) is 30.7 Å². The molecule has 1 aromatic carbocycles. The predicted octanol–water partition coefficient (Wildman–Crippen LogP) is 2.07. The van der Waals surface area contributed by atoms with Gasteiger partial charge >= 0.3 is 5.97 Å². The van der Waals surface area contributed by atoms with Gasteiger partial charge in [0.15, 0.2) is 0 Å². The van der Waals surface area contributed by atoms with E-state index < -0.39 is 5.97 Å². The van der Waals surface area contributed by atoms with Crippen molar-refractivity contribution in [1.29, 1.82) is 0 Å². The number of aryl methyl sites for hydroxylation is 1. The average molecular weight is 340 g/mol. The highest BCUT2D eigenvalue weighted by Gasteiger charge is 2.14. The molecule has 0 radical (unpaired) electrons. The van der Waals surface area contributed by atoms with Crippen LogP contribution in [0.25, 0.3) is 5.65 Å². The van der Waals surface area contributed by atoms with Gasteiger partial charge in [-0.3, -0.25) is 9.20 Å². The monoisotopic (exact) mass is 340 g/mol. The molecule has 0 fully saturated rings. The second-order valence-corrected chi connectivity index (χ2v) is 5.43. The standard InChI is InChI=1S/C18H16N2O5/c1-11-4-3-7-20-16(22)8-12(19-17(11)20)10-25-18(23)14-6-5-13(24-2)9-15(14)21/h3-9,21H,10H2,1-2H3. The zero-order valence-electron chi connectivity index (χ0n) is 13.7. The van der Waals surface area contributed by atoms with Crippen molar-refractivity contribution in [2.24, 2.45) is 0 Å². The van der Waals surface area contributed by atoms with E-state index in [0.717, 1.165) is 5.56 Å². The lowest BCUT2D eigenvalue weighted by atomic mass is 10.2. The first-order valence-electron chi connectivity index (χ1n) is 7.51. The van der Waals surface area contributed by atoms with Gasteiger partial charge in [-0.2, -0.15) is 0 Å². The molecule has 2 heterocycles. The molecule has 1 N–H and O–H groups in total. The first kappa shape index (κ1) is 16.5. The third-order valence-electron chi connectivity index (χ3n) is 3.72. The van der Waals surface area contributed by atoms with Crippen molar-refractivity contribution < 1.29 is 19.4 Å². The lowest BCUT2D eigenvalue weighted by Gasteiger charge is -2.09. The molecule has 0 bridgehead atoms. The normalized spacial score (nSPS) is 10.6. The summed E-state index contributed by atoms with van der Waals surface area (Å²) in [6.45, 7) is 1.66. The summed E-state index contributed by atoms with van der Waals surface area (Å²) in [5, 5.41) is 9.86. The van der Waals surface area contributed by atoms with Gasteiger partial charge in [0.2, 0.25) is 0 Å². The summed E-state index contributed by atoms with van der Waals surface area (Å²) in [6, 6.07) is 9.18. The molecular formula is C18H16N2O5. The molecule has 25 heavy (non-hydrogen) atoms. The number of ether oxygens (including phenoxy) is 2. The summed E-state index contributed by atoms with van der Waals surface area (Å²) in [6.07, 6.45) is 1.63. The number of nitrogens with zero attached hydrogens (tertiary/aromatic N) is 2. The van der Waals surface area contributed by atoms with Crippen LogP contribution in [0.3, 0.4) is 0 Å². The number of phenols is 1. The van der Waals surface area contributed by atoms with E-state index in [4.69, 9.17) is 9.47 Å². The van der Waals surface area contributed by atoms with Gasteiger partial charge in [0, 0.05) is 18.3 Å². The Bertz CT molecular complexity index is 1010. The molecular weight excluding hydrogens is 324 g/mol. The SMILES string of the molecule is COc1ccc(C(=O)OCc2cc(=O)n3cccc(C)c3n2)c(O)c1. The number of carbonyl (C=O) groups is 1. The molecule has 0 atom stereocenters. The number of fused-ring (bicyclic) bond motifs is 1. The van der Waals surface area contributed by atoms with Crippen LogP contribution in [0.4, 0.5) is 0 Å². The summed E-state index contributed by atoms with van der Waals surface area (Å²) >= 11 is 0. The van der Waals surface area contributed by atoms with Crippen LogP contribution >= 0.6 is 0 Å². The molecule has 2 aromatic heterocycles. The number of phenolic OH excluding ortho intramolecular Hbond substituents is 1. The van der Waals surface area contributed by atoms with Crippen molar-refractivity contribution in [2.75, 3.05) is 7.11 Å². The first-order valence-corrected chi connectivity index (χ1v) is 7.51. The molecule has 0 amide bonds. The molecule has 7 heteroatoms. The first-order chi connectivity index (χ1) is 12.0. The summed E-state index contributed by atoms with van der Waals surface area (Å²) in [7, 11) is 1.46. The van der Waals surface area contributed by atoms with Gasteiger partial charge in [-0.15, -0.1) is 0 Å². The number of pyridine rings is 1. The van der Waals surface area contributed by atoms with Crippen molar-refractivity contribution >= 4 is 11.6 Å². The van der Waals surface area contributed by atoms with Gasteiger partial charge in [-0.1, -0.05) is 6.07 Å². The number of aromatic nitrogens is 2. The molecule has 0 aliphatic rings. The van der Waals surface area contributed by atoms with Crippen molar-refractivity contribution in [1.82, 2.24) is 9.38 Å². The second-order valence-electron chi connectivity index (χ2n) is 5.43. The van der Waals surface area contributed by atoms with Crippen LogP contribution < -0.4 is 10.3 Å².